The number of anilines is 1. The lowest BCUT2D eigenvalue weighted by atomic mass is 10.4. The SMILES string of the molecule is CC(C)NC(=O)Nc1nc(CBr)cs1. The van der Waals surface area contributed by atoms with Crippen molar-refractivity contribution in [1.29, 1.82) is 0 Å². The van der Waals surface area contributed by atoms with Crippen LogP contribution in [0.4, 0.5) is 9.93 Å². The van der Waals surface area contributed by atoms with E-state index in [0.29, 0.717) is 10.5 Å². The summed E-state index contributed by atoms with van der Waals surface area (Å²) in [5.41, 5.74) is 0.926. The fourth-order valence-electron chi connectivity index (χ4n) is 0.821. The third kappa shape index (κ3) is 3.63. The minimum atomic E-state index is -0.213. The predicted molar refractivity (Wildman–Crippen MR) is 62.0 cm³/mol. The van der Waals surface area contributed by atoms with E-state index in [9.17, 15) is 4.79 Å². The van der Waals surface area contributed by atoms with Crippen LogP contribution in [0.1, 0.15) is 19.5 Å². The number of amides is 2. The average molecular weight is 278 g/mol. The number of urea groups is 1. The van der Waals surface area contributed by atoms with E-state index < -0.39 is 0 Å². The Morgan fingerprint density at radius 1 is 1.71 bits per heavy atom. The fraction of sp³-hybridized carbons (Fsp3) is 0.500. The molecule has 0 aliphatic heterocycles. The van der Waals surface area contributed by atoms with E-state index >= 15 is 0 Å². The van der Waals surface area contributed by atoms with E-state index in [1.54, 1.807) is 0 Å². The van der Waals surface area contributed by atoms with Gasteiger partial charge in [0.1, 0.15) is 0 Å². The van der Waals surface area contributed by atoms with Crippen molar-refractivity contribution in [2.45, 2.75) is 25.2 Å². The maximum Gasteiger partial charge on any atom is 0.321 e. The third-order valence-corrected chi connectivity index (χ3v) is 2.71. The number of nitrogens with one attached hydrogen (secondary N) is 2. The highest BCUT2D eigenvalue weighted by Crippen LogP contribution is 2.16. The van der Waals surface area contributed by atoms with Crippen molar-refractivity contribution in [1.82, 2.24) is 10.3 Å². The van der Waals surface area contributed by atoms with Crippen molar-refractivity contribution < 1.29 is 4.79 Å². The molecule has 78 valence electrons. The van der Waals surface area contributed by atoms with E-state index in [2.05, 4.69) is 31.5 Å². The summed E-state index contributed by atoms with van der Waals surface area (Å²) >= 11 is 4.71. The first-order valence-electron chi connectivity index (χ1n) is 4.19. The number of thiazole rings is 1. The molecular formula is C8H12BrN3OS. The molecule has 6 heteroatoms. The first-order chi connectivity index (χ1) is 6.61. The van der Waals surface area contributed by atoms with Crippen molar-refractivity contribution >= 4 is 38.4 Å². The molecule has 14 heavy (non-hydrogen) atoms. The summed E-state index contributed by atoms with van der Waals surface area (Å²) in [4.78, 5) is 15.4. The van der Waals surface area contributed by atoms with Crippen LogP contribution < -0.4 is 10.6 Å². The van der Waals surface area contributed by atoms with Crippen LogP contribution in [0.15, 0.2) is 5.38 Å². The average Bonchev–Trinajstić information content (AvgIpc) is 2.50. The van der Waals surface area contributed by atoms with Crippen LogP contribution in [0.5, 0.6) is 0 Å². The van der Waals surface area contributed by atoms with Crippen LogP contribution in [0.2, 0.25) is 0 Å². The van der Waals surface area contributed by atoms with Gasteiger partial charge in [-0.2, -0.15) is 0 Å². The lowest BCUT2D eigenvalue weighted by molar-refractivity contribution is 0.250. The first-order valence-corrected chi connectivity index (χ1v) is 6.20. The molecule has 1 heterocycles. The van der Waals surface area contributed by atoms with Gasteiger partial charge in [-0.1, -0.05) is 15.9 Å². The standard InChI is InChI=1S/C8H12BrN3OS/c1-5(2)10-7(13)12-8-11-6(3-9)4-14-8/h4-5H,3H2,1-2H3,(H2,10,11,12,13). The molecule has 2 N–H and O–H groups in total. The number of carbonyl (C=O) groups excluding carboxylic acids is 1. The maximum atomic E-state index is 11.3. The van der Waals surface area contributed by atoms with Crippen LogP contribution in [0.25, 0.3) is 0 Å². The fourth-order valence-corrected chi connectivity index (χ4v) is 2.03. The summed E-state index contributed by atoms with van der Waals surface area (Å²) in [6.07, 6.45) is 0. The summed E-state index contributed by atoms with van der Waals surface area (Å²) in [5, 5.41) is 8.62. The number of halogens is 1. The molecule has 0 radical (unpaired) electrons. The molecule has 1 aromatic heterocycles. The van der Waals surface area contributed by atoms with Crippen molar-refractivity contribution in [3.8, 4) is 0 Å². The number of rotatable bonds is 3. The molecule has 0 aliphatic carbocycles. The summed E-state index contributed by atoms with van der Waals surface area (Å²) in [6.45, 7) is 3.82. The molecule has 0 unspecified atom stereocenters. The monoisotopic (exact) mass is 277 g/mol. The minimum Gasteiger partial charge on any atom is -0.336 e. The second-order valence-corrected chi connectivity index (χ2v) is 4.45. The molecule has 0 aliphatic rings. The van der Waals surface area contributed by atoms with Crippen LogP contribution in [-0.4, -0.2) is 17.1 Å². The van der Waals surface area contributed by atoms with Crippen LogP contribution >= 0.6 is 27.3 Å². The van der Waals surface area contributed by atoms with E-state index in [1.807, 2.05) is 19.2 Å². The molecule has 0 aromatic carbocycles. The smallest absolute Gasteiger partial charge is 0.321 e. The Balaban J connectivity index is 2.47. The topological polar surface area (TPSA) is 54.0 Å². The van der Waals surface area contributed by atoms with E-state index in [1.165, 1.54) is 11.3 Å². The minimum absolute atomic E-state index is 0.130. The Hall–Kier alpha value is -0.620. The molecule has 1 aromatic rings. The van der Waals surface area contributed by atoms with Gasteiger partial charge >= 0.3 is 6.03 Å². The quantitative estimate of drug-likeness (QED) is 0.835. The highest BCUT2D eigenvalue weighted by atomic mass is 79.9. The van der Waals surface area contributed by atoms with Gasteiger partial charge in [-0.15, -0.1) is 11.3 Å². The molecule has 0 saturated heterocycles. The second kappa shape index (κ2) is 5.31. The highest BCUT2D eigenvalue weighted by molar-refractivity contribution is 9.08. The summed E-state index contributed by atoms with van der Waals surface area (Å²) in [7, 11) is 0. The predicted octanol–water partition coefficient (Wildman–Crippen LogP) is 2.57. The van der Waals surface area contributed by atoms with Crippen LogP contribution in [0, 0.1) is 0 Å². The van der Waals surface area contributed by atoms with Gasteiger partial charge in [0.15, 0.2) is 5.13 Å². The van der Waals surface area contributed by atoms with Gasteiger partial charge in [-0.25, -0.2) is 9.78 Å². The Morgan fingerprint density at radius 2 is 2.43 bits per heavy atom. The number of hydrogen-bond donors (Lipinski definition) is 2. The molecule has 0 atom stereocenters. The molecule has 0 saturated carbocycles. The van der Waals surface area contributed by atoms with E-state index in [-0.39, 0.29) is 12.1 Å². The second-order valence-electron chi connectivity index (χ2n) is 3.03. The molecular weight excluding hydrogens is 266 g/mol. The van der Waals surface area contributed by atoms with Gasteiger partial charge < -0.3 is 5.32 Å². The summed E-state index contributed by atoms with van der Waals surface area (Å²) in [5.74, 6) is 0. The maximum absolute atomic E-state index is 11.3. The largest absolute Gasteiger partial charge is 0.336 e. The van der Waals surface area contributed by atoms with Crippen molar-refractivity contribution in [3.05, 3.63) is 11.1 Å². The van der Waals surface area contributed by atoms with E-state index in [4.69, 9.17) is 0 Å². The number of carbonyl (C=O) groups is 1. The molecule has 0 bridgehead atoms. The zero-order valence-corrected chi connectivity index (χ0v) is 10.4. The lowest BCUT2D eigenvalue weighted by Gasteiger charge is -2.07. The molecule has 2 amide bonds. The third-order valence-electron chi connectivity index (χ3n) is 1.33. The van der Waals surface area contributed by atoms with Gasteiger partial charge in [0.05, 0.1) is 5.69 Å². The number of alkyl halides is 1. The Kier molecular flexibility index (Phi) is 4.34. The van der Waals surface area contributed by atoms with Crippen molar-refractivity contribution in [3.63, 3.8) is 0 Å². The van der Waals surface area contributed by atoms with Gasteiger partial charge in [-0.05, 0) is 13.8 Å². The first kappa shape index (κ1) is 11.5. The van der Waals surface area contributed by atoms with Crippen molar-refractivity contribution in [2.75, 3.05) is 5.32 Å². The summed E-state index contributed by atoms with van der Waals surface area (Å²) < 4.78 is 0. The highest BCUT2D eigenvalue weighted by Gasteiger charge is 2.06. The lowest BCUT2D eigenvalue weighted by Crippen LogP contribution is -2.34. The molecule has 4 nitrogen and oxygen atoms in total. The zero-order chi connectivity index (χ0) is 10.6. The Morgan fingerprint density at radius 3 is 2.93 bits per heavy atom. The Labute approximate surface area is 95.2 Å². The molecule has 0 spiro atoms. The number of hydrogen-bond acceptors (Lipinski definition) is 3. The summed E-state index contributed by atoms with van der Waals surface area (Å²) in [6, 6.07) is -0.0823. The van der Waals surface area contributed by atoms with Crippen LogP contribution in [-0.2, 0) is 5.33 Å². The normalized spacial score (nSPS) is 10.3. The molecule has 1 rings (SSSR count). The van der Waals surface area contributed by atoms with Gasteiger partial charge in [0.25, 0.3) is 0 Å². The van der Waals surface area contributed by atoms with E-state index in [0.717, 1.165) is 5.69 Å². The van der Waals surface area contributed by atoms with Gasteiger partial charge in [0.2, 0.25) is 0 Å². The zero-order valence-electron chi connectivity index (χ0n) is 8.00. The van der Waals surface area contributed by atoms with Gasteiger partial charge in [0, 0.05) is 16.8 Å². The Bertz CT molecular complexity index is 313. The van der Waals surface area contributed by atoms with Gasteiger partial charge in [-0.3, -0.25) is 5.32 Å². The number of aromatic nitrogens is 1. The molecule has 0 fully saturated rings. The number of nitrogens with zero attached hydrogens (tertiary/aromatic N) is 1. The van der Waals surface area contributed by atoms with Crippen LogP contribution in [0.3, 0.4) is 0 Å². The van der Waals surface area contributed by atoms with Crippen molar-refractivity contribution in [2.24, 2.45) is 0 Å².